The van der Waals surface area contributed by atoms with Crippen molar-refractivity contribution >= 4 is 35.6 Å². The highest BCUT2D eigenvalue weighted by Crippen LogP contribution is 2.28. The lowest BCUT2D eigenvalue weighted by molar-refractivity contribution is 0.481. The van der Waals surface area contributed by atoms with Gasteiger partial charge in [-0.15, -0.1) is 12.4 Å². The van der Waals surface area contributed by atoms with Gasteiger partial charge in [-0.05, 0) is 48.7 Å². The van der Waals surface area contributed by atoms with Gasteiger partial charge in [-0.3, -0.25) is 0 Å². The smallest absolute Gasteiger partial charge is 0.130 e. The van der Waals surface area contributed by atoms with E-state index in [-0.39, 0.29) is 18.4 Å². The Hall–Kier alpha value is -0.930. The highest BCUT2D eigenvalue weighted by molar-refractivity contribution is 6.34. The lowest BCUT2D eigenvalue weighted by atomic mass is 10.0. The van der Waals surface area contributed by atoms with Crippen molar-refractivity contribution in [3.05, 3.63) is 58.1 Å². The van der Waals surface area contributed by atoms with Gasteiger partial charge in [0.05, 0.1) is 0 Å². The predicted octanol–water partition coefficient (Wildman–Crippen LogP) is 5.49. The molecule has 5 heteroatoms. The van der Waals surface area contributed by atoms with Gasteiger partial charge in [-0.25, -0.2) is 0 Å². The quantitative estimate of drug-likeness (QED) is 0.777. The van der Waals surface area contributed by atoms with E-state index < -0.39 is 0 Å². The highest BCUT2D eigenvalue weighted by Gasteiger charge is 2.05. The maximum absolute atomic E-state index is 5.97. The summed E-state index contributed by atoms with van der Waals surface area (Å²) in [6.07, 6.45) is 1.79. The normalized spacial score (nSPS) is 11.6. The summed E-state index contributed by atoms with van der Waals surface area (Å²) in [6, 6.07) is 13.2. The third-order valence-corrected chi connectivity index (χ3v) is 3.43. The van der Waals surface area contributed by atoms with Crippen LogP contribution in [0.4, 0.5) is 0 Å². The number of halogens is 3. The minimum Gasteiger partial charge on any atom is -0.457 e. The third kappa shape index (κ3) is 5.76. The van der Waals surface area contributed by atoms with Crippen molar-refractivity contribution in [2.24, 2.45) is 5.73 Å². The van der Waals surface area contributed by atoms with Crippen LogP contribution in [0.3, 0.4) is 0 Å². The molecule has 114 valence electrons. The second-order valence-corrected chi connectivity index (χ2v) is 5.60. The van der Waals surface area contributed by atoms with Gasteiger partial charge in [-0.1, -0.05) is 42.3 Å². The first kappa shape index (κ1) is 18.1. The fourth-order valence-electron chi connectivity index (χ4n) is 1.91. The summed E-state index contributed by atoms with van der Waals surface area (Å²) in [7, 11) is 0. The molecule has 2 aromatic carbocycles. The zero-order valence-electron chi connectivity index (χ0n) is 11.7. The van der Waals surface area contributed by atoms with Crippen LogP contribution in [0.15, 0.2) is 42.5 Å². The number of benzene rings is 2. The van der Waals surface area contributed by atoms with E-state index in [0.29, 0.717) is 15.8 Å². The van der Waals surface area contributed by atoms with E-state index in [1.807, 2.05) is 24.3 Å². The first-order valence-electron chi connectivity index (χ1n) is 6.55. The van der Waals surface area contributed by atoms with Gasteiger partial charge in [0.15, 0.2) is 0 Å². The molecule has 0 fully saturated rings. The van der Waals surface area contributed by atoms with Gasteiger partial charge in [0.2, 0.25) is 0 Å². The molecular weight excluding hydrogens is 329 g/mol. The van der Waals surface area contributed by atoms with E-state index >= 15 is 0 Å². The monoisotopic (exact) mass is 345 g/mol. The molecule has 21 heavy (non-hydrogen) atoms. The molecule has 0 spiro atoms. The van der Waals surface area contributed by atoms with Crippen molar-refractivity contribution in [1.29, 1.82) is 0 Å². The summed E-state index contributed by atoms with van der Waals surface area (Å²) in [5.74, 6) is 1.38. The molecule has 2 rings (SSSR count). The summed E-state index contributed by atoms with van der Waals surface area (Å²) in [6.45, 7) is 2.08. The molecule has 0 amide bonds. The van der Waals surface area contributed by atoms with Gasteiger partial charge in [0.25, 0.3) is 0 Å². The fraction of sp³-hybridized carbons (Fsp3) is 0.250. The van der Waals surface area contributed by atoms with Crippen LogP contribution in [-0.2, 0) is 6.42 Å². The number of hydrogen-bond donors (Lipinski definition) is 1. The average molecular weight is 347 g/mol. The Labute approximate surface area is 141 Å². The molecule has 0 aliphatic carbocycles. The second-order valence-electron chi connectivity index (χ2n) is 4.73. The zero-order valence-corrected chi connectivity index (χ0v) is 14.0. The molecule has 0 saturated carbocycles. The van der Waals surface area contributed by atoms with Crippen molar-refractivity contribution < 1.29 is 4.74 Å². The van der Waals surface area contributed by atoms with Gasteiger partial charge >= 0.3 is 0 Å². The van der Waals surface area contributed by atoms with Crippen LogP contribution < -0.4 is 10.5 Å². The van der Waals surface area contributed by atoms with Crippen LogP contribution >= 0.6 is 35.6 Å². The maximum atomic E-state index is 5.97. The fourth-order valence-corrected chi connectivity index (χ4v) is 2.41. The molecule has 0 bridgehead atoms. The van der Waals surface area contributed by atoms with Crippen molar-refractivity contribution in [3.8, 4) is 11.5 Å². The van der Waals surface area contributed by atoms with Crippen molar-refractivity contribution in [3.63, 3.8) is 0 Å². The van der Waals surface area contributed by atoms with E-state index in [1.165, 1.54) is 0 Å². The van der Waals surface area contributed by atoms with E-state index in [1.54, 1.807) is 18.2 Å². The lowest BCUT2D eigenvalue weighted by Crippen LogP contribution is -2.21. The van der Waals surface area contributed by atoms with Gasteiger partial charge in [0.1, 0.15) is 11.5 Å². The van der Waals surface area contributed by atoms with Crippen LogP contribution in [0.5, 0.6) is 11.5 Å². The van der Waals surface area contributed by atoms with Crippen molar-refractivity contribution in [2.45, 2.75) is 25.8 Å². The van der Waals surface area contributed by atoms with Gasteiger partial charge in [0, 0.05) is 16.1 Å². The maximum Gasteiger partial charge on any atom is 0.130 e. The van der Waals surface area contributed by atoms with Crippen molar-refractivity contribution in [2.75, 3.05) is 0 Å². The Morgan fingerprint density at radius 1 is 1.05 bits per heavy atom. The summed E-state index contributed by atoms with van der Waals surface area (Å²) in [5, 5.41) is 1.10. The molecule has 0 aliphatic heterocycles. The van der Waals surface area contributed by atoms with Crippen molar-refractivity contribution in [1.82, 2.24) is 0 Å². The minimum absolute atomic E-state index is 0. The molecule has 0 aliphatic rings. The third-order valence-electron chi connectivity index (χ3n) is 2.99. The molecule has 0 heterocycles. The van der Waals surface area contributed by atoms with Crippen LogP contribution in [0.2, 0.25) is 10.0 Å². The number of rotatable bonds is 5. The first-order valence-corrected chi connectivity index (χ1v) is 7.31. The van der Waals surface area contributed by atoms with Crippen LogP contribution in [0.25, 0.3) is 0 Å². The average Bonchev–Trinajstić information content (AvgIpc) is 2.37. The minimum atomic E-state index is 0. The highest BCUT2D eigenvalue weighted by atomic mass is 35.5. The molecular formula is C16H18Cl3NO. The first-order chi connectivity index (χ1) is 9.56. The summed E-state index contributed by atoms with van der Waals surface area (Å²) in [5.41, 5.74) is 7.13. The number of nitrogens with two attached hydrogens (primary N) is 1. The van der Waals surface area contributed by atoms with E-state index in [2.05, 4.69) is 6.92 Å². The van der Waals surface area contributed by atoms with Gasteiger partial charge in [-0.2, -0.15) is 0 Å². The van der Waals surface area contributed by atoms with E-state index in [4.69, 9.17) is 33.7 Å². The van der Waals surface area contributed by atoms with Gasteiger partial charge < -0.3 is 10.5 Å². The zero-order chi connectivity index (χ0) is 14.5. The Balaban J connectivity index is 0.00000220. The number of ether oxygens (including phenoxy) is 1. The van der Waals surface area contributed by atoms with E-state index in [0.717, 1.165) is 24.2 Å². The summed E-state index contributed by atoms with van der Waals surface area (Å²) < 4.78 is 5.79. The Morgan fingerprint density at radius 3 is 2.33 bits per heavy atom. The van der Waals surface area contributed by atoms with Crippen LogP contribution in [-0.4, -0.2) is 6.04 Å². The molecule has 0 aromatic heterocycles. The summed E-state index contributed by atoms with van der Waals surface area (Å²) in [4.78, 5) is 0. The second kappa shape index (κ2) is 8.50. The molecule has 0 radical (unpaired) electrons. The molecule has 2 N–H and O–H groups in total. The SMILES string of the molecule is CCC(N)Cc1cccc(Oc2cc(Cl)cc(Cl)c2)c1.Cl. The Bertz CT molecular complexity index is 569. The largest absolute Gasteiger partial charge is 0.457 e. The molecule has 2 nitrogen and oxygen atoms in total. The van der Waals surface area contributed by atoms with E-state index in [9.17, 15) is 0 Å². The van der Waals surface area contributed by atoms with Crippen LogP contribution in [0.1, 0.15) is 18.9 Å². The van der Waals surface area contributed by atoms with Crippen LogP contribution in [0, 0.1) is 0 Å². The standard InChI is InChI=1S/C16H17Cl2NO.ClH/c1-2-14(19)6-11-4-3-5-15(7-11)20-16-9-12(17)8-13(18)10-16;/h3-5,7-10,14H,2,6,19H2,1H3;1H. The Kier molecular flexibility index (Phi) is 7.33. The number of hydrogen-bond acceptors (Lipinski definition) is 2. The molecule has 1 atom stereocenters. The molecule has 1 unspecified atom stereocenters. The topological polar surface area (TPSA) is 35.2 Å². The predicted molar refractivity (Wildman–Crippen MR) is 92.2 cm³/mol. The molecule has 2 aromatic rings. The Morgan fingerprint density at radius 2 is 1.71 bits per heavy atom. The summed E-state index contributed by atoms with van der Waals surface area (Å²) >= 11 is 11.9. The lowest BCUT2D eigenvalue weighted by Gasteiger charge is -2.11. The molecule has 0 saturated heterocycles.